The van der Waals surface area contributed by atoms with Crippen molar-refractivity contribution in [3.05, 3.63) is 0 Å². The van der Waals surface area contributed by atoms with Crippen LogP contribution in [-0.2, 0) is 14.3 Å². The molecular formula is C14H22O3. The zero-order chi connectivity index (χ0) is 11.7. The molecule has 3 fully saturated rings. The molecule has 0 amide bonds. The average Bonchev–Trinajstić information content (AvgIpc) is 2.78. The molecule has 96 valence electrons. The van der Waals surface area contributed by atoms with Gasteiger partial charge in [-0.3, -0.25) is 4.79 Å². The Balaban J connectivity index is 1.61. The van der Waals surface area contributed by atoms with E-state index in [0.29, 0.717) is 5.78 Å². The second kappa shape index (κ2) is 4.69. The quantitative estimate of drug-likeness (QED) is 0.703. The lowest BCUT2D eigenvalue weighted by molar-refractivity contribution is -0.124. The molecule has 1 saturated carbocycles. The molecule has 1 spiro atoms. The maximum absolute atomic E-state index is 11.3. The SMILES string of the molecule is O=C1CCC(C2CCOC3(CCOC3)C2)CC1. The van der Waals surface area contributed by atoms with Gasteiger partial charge in [-0.05, 0) is 37.5 Å². The summed E-state index contributed by atoms with van der Waals surface area (Å²) in [5.74, 6) is 1.99. The van der Waals surface area contributed by atoms with Crippen molar-refractivity contribution in [3.8, 4) is 0 Å². The summed E-state index contributed by atoms with van der Waals surface area (Å²) in [6, 6.07) is 0. The van der Waals surface area contributed by atoms with Crippen molar-refractivity contribution in [2.75, 3.05) is 19.8 Å². The molecule has 3 heteroatoms. The standard InChI is InChI=1S/C14H22O3/c15-13-3-1-11(2-4-13)12-5-7-17-14(9-12)6-8-16-10-14/h11-12H,1-10H2. The second-order valence-electron chi connectivity index (χ2n) is 5.96. The van der Waals surface area contributed by atoms with Crippen LogP contribution in [-0.4, -0.2) is 31.2 Å². The zero-order valence-corrected chi connectivity index (χ0v) is 10.5. The fourth-order valence-electron chi connectivity index (χ4n) is 3.76. The van der Waals surface area contributed by atoms with Gasteiger partial charge in [-0.25, -0.2) is 0 Å². The zero-order valence-electron chi connectivity index (χ0n) is 10.5. The minimum atomic E-state index is 0.0321. The molecular weight excluding hydrogens is 216 g/mol. The monoisotopic (exact) mass is 238 g/mol. The largest absolute Gasteiger partial charge is 0.378 e. The molecule has 2 aliphatic heterocycles. The number of hydrogen-bond donors (Lipinski definition) is 0. The highest BCUT2D eigenvalue weighted by atomic mass is 16.6. The third kappa shape index (κ3) is 2.41. The third-order valence-corrected chi connectivity index (χ3v) is 4.85. The molecule has 0 aromatic carbocycles. The van der Waals surface area contributed by atoms with Crippen LogP contribution in [0.25, 0.3) is 0 Å². The van der Waals surface area contributed by atoms with E-state index < -0.39 is 0 Å². The van der Waals surface area contributed by atoms with Crippen LogP contribution in [0.3, 0.4) is 0 Å². The molecule has 2 saturated heterocycles. The summed E-state index contributed by atoms with van der Waals surface area (Å²) in [6.07, 6.45) is 7.25. The summed E-state index contributed by atoms with van der Waals surface area (Å²) in [5, 5.41) is 0. The minimum Gasteiger partial charge on any atom is -0.378 e. The van der Waals surface area contributed by atoms with E-state index in [1.54, 1.807) is 0 Å². The highest BCUT2D eigenvalue weighted by Gasteiger charge is 2.43. The topological polar surface area (TPSA) is 35.5 Å². The first-order chi connectivity index (χ1) is 8.27. The van der Waals surface area contributed by atoms with E-state index >= 15 is 0 Å². The van der Waals surface area contributed by atoms with Crippen LogP contribution in [0.4, 0.5) is 0 Å². The smallest absolute Gasteiger partial charge is 0.132 e. The summed E-state index contributed by atoms with van der Waals surface area (Å²) in [5.41, 5.74) is 0.0321. The van der Waals surface area contributed by atoms with Gasteiger partial charge in [0.2, 0.25) is 0 Å². The maximum Gasteiger partial charge on any atom is 0.132 e. The van der Waals surface area contributed by atoms with Gasteiger partial charge >= 0.3 is 0 Å². The summed E-state index contributed by atoms with van der Waals surface area (Å²) < 4.78 is 11.5. The van der Waals surface area contributed by atoms with Crippen LogP contribution in [0.1, 0.15) is 44.9 Å². The molecule has 0 aromatic rings. The van der Waals surface area contributed by atoms with Crippen LogP contribution in [0.2, 0.25) is 0 Å². The van der Waals surface area contributed by atoms with Crippen LogP contribution < -0.4 is 0 Å². The third-order valence-electron chi connectivity index (χ3n) is 4.85. The second-order valence-corrected chi connectivity index (χ2v) is 5.96. The summed E-state index contributed by atoms with van der Waals surface area (Å²) in [7, 11) is 0. The van der Waals surface area contributed by atoms with Crippen LogP contribution >= 0.6 is 0 Å². The Hall–Kier alpha value is -0.410. The van der Waals surface area contributed by atoms with Crippen molar-refractivity contribution < 1.29 is 14.3 Å². The Morgan fingerprint density at radius 1 is 1.06 bits per heavy atom. The number of carbonyl (C=O) groups excluding carboxylic acids is 1. The lowest BCUT2D eigenvalue weighted by Crippen LogP contribution is -2.42. The highest BCUT2D eigenvalue weighted by molar-refractivity contribution is 5.79. The predicted molar refractivity (Wildman–Crippen MR) is 63.8 cm³/mol. The average molecular weight is 238 g/mol. The molecule has 1 aliphatic carbocycles. The summed E-state index contributed by atoms with van der Waals surface area (Å²) in [4.78, 5) is 11.3. The first kappa shape index (κ1) is 11.7. The molecule has 0 radical (unpaired) electrons. The van der Waals surface area contributed by atoms with Gasteiger partial charge in [0.05, 0.1) is 12.2 Å². The van der Waals surface area contributed by atoms with E-state index in [9.17, 15) is 4.79 Å². The molecule has 0 aromatic heterocycles. The molecule has 0 N–H and O–H groups in total. The summed E-state index contributed by atoms with van der Waals surface area (Å²) in [6.45, 7) is 2.53. The van der Waals surface area contributed by atoms with Gasteiger partial charge in [0.1, 0.15) is 5.78 Å². The van der Waals surface area contributed by atoms with Crippen molar-refractivity contribution in [3.63, 3.8) is 0 Å². The normalized spacial score (nSPS) is 40.0. The van der Waals surface area contributed by atoms with E-state index in [4.69, 9.17) is 9.47 Å². The summed E-state index contributed by atoms with van der Waals surface area (Å²) >= 11 is 0. The Kier molecular flexibility index (Phi) is 3.22. The van der Waals surface area contributed by atoms with E-state index in [-0.39, 0.29) is 5.60 Å². The Morgan fingerprint density at radius 3 is 2.59 bits per heavy atom. The van der Waals surface area contributed by atoms with E-state index in [0.717, 1.165) is 70.2 Å². The molecule has 2 unspecified atom stereocenters. The van der Waals surface area contributed by atoms with Gasteiger partial charge in [0.25, 0.3) is 0 Å². The molecule has 3 aliphatic rings. The van der Waals surface area contributed by atoms with Crippen molar-refractivity contribution in [1.82, 2.24) is 0 Å². The van der Waals surface area contributed by atoms with Gasteiger partial charge < -0.3 is 9.47 Å². The number of ether oxygens (including phenoxy) is 2. The van der Waals surface area contributed by atoms with E-state index in [1.807, 2.05) is 0 Å². The van der Waals surface area contributed by atoms with Crippen molar-refractivity contribution >= 4 is 5.78 Å². The van der Waals surface area contributed by atoms with E-state index in [2.05, 4.69) is 0 Å². The van der Waals surface area contributed by atoms with Gasteiger partial charge in [0, 0.05) is 32.5 Å². The van der Waals surface area contributed by atoms with Crippen molar-refractivity contribution in [1.29, 1.82) is 0 Å². The van der Waals surface area contributed by atoms with Crippen LogP contribution in [0.5, 0.6) is 0 Å². The number of hydrogen-bond acceptors (Lipinski definition) is 3. The van der Waals surface area contributed by atoms with Gasteiger partial charge in [-0.2, -0.15) is 0 Å². The highest BCUT2D eigenvalue weighted by Crippen LogP contribution is 2.42. The van der Waals surface area contributed by atoms with E-state index in [1.165, 1.54) is 6.42 Å². The Labute approximate surface area is 103 Å². The lowest BCUT2D eigenvalue weighted by atomic mass is 9.72. The number of Topliss-reactive ketones (excluding diaryl/α,β-unsaturated/α-hetero) is 1. The number of rotatable bonds is 1. The molecule has 3 rings (SSSR count). The van der Waals surface area contributed by atoms with Gasteiger partial charge in [-0.15, -0.1) is 0 Å². The molecule has 2 heterocycles. The first-order valence-corrected chi connectivity index (χ1v) is 7.01. The van der Waals surface area contributed by atoms with Crippen LogP contribution in [0, 0.1) is 11.8 Å². The number of carbonyl (C=O) groups is 1. The fourth-order valence-corrected chi connectivity index (χ4v) is 3.76. The van der Waals surface area contributed by atoms with Gasteiger partial charge in [-0.1, -0.05) is 0 Å². The van der Waals surface area contributed by atoms with Crippen LogP contribution in [0.15, 0.2) is 0 Å². The molecule has 0 bridgehead atoms. The first-order valence-electron chi connectivity index (χ1n) is 7.01. The van der Waals surface area contributed by atoms with Gasteiger partial charge in [0.15, 0.2) is 0 Å². The Bertz CT molecular complexity index is 284. The lowest BCUT2D eigenvalue weighted by Gasteiger charge is -2.41. The van der Waals surface area contributed by atoms with Crippen molar-refractivity contribution in [2.45, 2.75) is 50.5 Å². The number of ketones is 1. The molecule has 2 atom stereocenters. The molecule has 3 nitrogen and oxygen atoms in total. The molecule has 17 heavy (non-hydrogen) atoms. The Morgan fingerprint density at radius 2 is 1.88 bits per heavy atom. The minimum absolute atomic E-state index is 0.0321. The van der Waals surface area contributed by atoms with Crippen molar-refractivity contribution in [2.24, 2.45) is 11.8 Å². The fraction of sp³-hybridized carbons (Fsp3) is 0.929. The predicted octanol–water partition coefficient (Wildman–Crippen LogP) is 2.33. The maximum atomic E-state index is 11.3.